The third-order valence-electron chi connectivity index (χ3n) is 7.26. The number of nitrogens with zero attached hydrogens (tertiary/aromatic N) is 1. The van der Waals surface area contributed by atoms with Gasteiger partial charge in [-0.15, -0.1) is 0 Å². The highest BCUT2D eigenvalue weighted by Gasteiger charge is 2.38. The summed E-state index contributed by atoms with van der Waals surface area (Å²) < 4.78 is 5.05. The van der Waals surface area contributed by atoms with E-state index in [4.69, 9.17) is 10.5 Å². The molecule has 0 spiro atoms. The van der Waals surface area contributed by atoms with Gasteiger partial charge in [0.15, 0.2) is 11.7 Å². The molecule has 6 nitrogen and oxygen atoms in total. The maximum Gasteiger partial charge on any atom is 0.226 e. The van der Waals surface area contributed by atoms with Gasteiger partial charge in [0, 0.05) is 24.6 Å². The highest BCUT2D eigenvalue weighted by Crippen LogP contribution is 2.36. The van der Waals surface area contributed by atoms with Crippen molar-refractivity contribution in [1.82, 2.24) is 4.90 Å². The Morgan fingerprint density at radius 1 is 1.09 bits per heavy atom. The highest BCUT2D eigenvalue weighted by molar-refractivity contribution is 5.92. The molecule has 2 aliphatic rings. The van der Waals surface area contributed by atoms with Crippen molar-refractivity contribution in [2.45, 2.75) is 44.6 Å². The van der Waals surface area contributed by atoms with Crippen LogP contribution in [0, 0.1) is 11.8 Å². The first-order valence-corrected chi connectivity index (χ1v) is 12.2. The lowest BCUT2D eigenvalue weighted by molar-refractivity contribution is -0.144. The number of carbonyl (C=O) groups excluding carboxylic acids is 2. The number of benzene rings is 2. The minimum Gasteiger partial charge on any atom is -0.483 e. The number of ketones is 1. The lowest BCUT2D eigenvalue weighted by Gasteiger charge is -2.39. The fourth-order valence-corrected chi connectivity index (χ4v) is 5.25. The normalized spacial score (nSPS) is 21.9. The molecule has 2 aromatic rings. The number of anilines is 1. The molecule has 1 aliphatic carbocycles. The van der Waals surface area contributed by atoms with Crippen molar-refractivity contribution in [2.24, 2.45) is 17.6 Å². The summed E-state index contributed by atoms with van der Waals surface area (Å²) in [4.78, 5) is 29.1. The number of Topliss-reactive ketones (excluding diaryl/α,β-unsaturated/α-hetero) is 1. The Balaban J connectivity index is 1.53. The number of rotatable bonds is 8. The smallest absolute Gasteiger partial charge is 0.226 e. The number of hydrogen-bond acceptors (Lipinski definition) is 5. The van der Waals surface area contributed by atoms with Gasteiger partial charge in [0.25, 0.3) is 0 Å². The van der Waals surface area contributed by atoms with Crippen molar-refractivity contribution < 1.29 is 14.3 Å². The van der Waals surface area contributed by atoms with Gasteiger partial charge in [0.2, 0.25) is 5.91 Å². The first kappa shape index (κ1) is 24.0. The third-order valence-corrected chi connectivity index (χ3v) is 7.26. The molecule has 3 N–H and O–H groups in total. The number of nitrogens with one attached hydrogen (secondary N) is 1. The van der Waals surface area contributed by atoms with Gasteiger partial charge in [0.1, 0.15) is 6.04 Å². The summed E-state index contributed by atoms with van der Waals surface area (Å²) in [6.07, 6.45) is 4.77. The summed E-state index contributed by atoms with van der Waals surface area (Å²) in [5.74, 6) is 1.14. The maximum atomic E-state index is 13.7. The topological polar surface area (TPSA) is 84.7 Å². The zero-order valence-corrected chi connectivity index (χ0v) is 20.0. The maximum absolute atomic E-state index is 13.7. The van der Waals surface area contributed by atoms with E-state index in [1.807, 2.05) is 47.4 Å². The Morgan fingerprint density at radius 3 is 2.47 bits per heavy atom. The molecule has 1 amide bonds. The third kappa shape index (κ3) is 5.33. The van der Waals surface area contributed by atoms with E-state index in [0.717, 1.165) is 54.5 Å². The van der Waals surface area contributed by atoms with Crippen molar-refractivity contribution in [3.05, 3.63) is 77.7 Å². The van der Waals surface area contributed by atoms with Crippen LogP contribution in [-0.4, -0.2) is 36.8 Å². The van der Waals surface area contributed by atoms with Crippen LogP contribution in [0.2, 0.25) is 0 Å². The van der Waals surface area contributed by atoms with Crippen molar-refractivity contribution in [2.75, 3.05) is 25.5 Å². The minimum absolute atomic E-state index is 0.0115. The van der Waals surface area contributed by atoms with Gasteiger partial charge in [-0.05, 0) is 80.0 Å². The predicted molar refractivity (Wildman–Crippen MR) is 134 cm³/mol. The summed E-state index contributed by atoms with van der Waals surface area (Å²) in [7, 11) is 1.56. The molecule has 0 saturated heterocycles. The van der Waals surface area contributed by atoms with E-state index in [2.05, 4.69) is 18.0 Å². The molecule has 1 unspecified atom stereocenters. The molecular formula is C28H35N3O3. The summed E-state index contributed by atoms with van der Waals surface area (Å²) >= 11 is 0. The Labute approximate surface area is 202 Å². The molecule has 0 radical (unpaired) electrons. The van der Waals surface area contributed by atoms with E-state index < -0.39 is 6.04 Å². The summed E-state index contributed by atoms with van der Waals surface area (Å²) in [6.45, 7) is 5.04. The molecule has 0 aromatic heterocycles. The second-order valence-corrected chi connectivity index (χ2v) is 9.43. The molecule has 1 aliphatic heterocycles. The molecule has 6 heteroatoms. The van der Waals surface area contributed by atoms with E-state index in [-0.39, 0.29) is 24.0 Å². The van der Waals surface area contributed by atoms with Crippen LogP contribution in [0.1, 0.15) is 48.4 Å². The average Bonchev–Trinajstić information content (AvgIpc) is 2.88. The lowest BCUT2D eigenvalue weighted by atomic mass is 9.80. The monoisotopic (exact) mass is 461 g/mol. The standard InChI is InChI=1S/C28H35N3O3/c1-19(34-2)30-24-13-9-20(10-14-24)17-26(32)27-25-6-4-3-5-22(25)15-16-31(27)28(33)23-11-7-21(18-29)8-12-23/h3-6,9-10,13-14,21,23,27,30H,1,7-8,11-12,15-18,29H2,2H3. The van der Waals surface area contributed by atoms with Gasteiger partial charge in [-0.3, -0.25) is 9.59 Å². The zero-order valence-electron chi connectivity index (χ0n) is 20.0. The minimum atomic E-state index is -0.532. The van der Waals surface area contributed by atoms with E-state index in [9.17, 15) is 9.59 Å². The van der Waals surface area contributed by atoms with E-state index in [0.29, 0.717) is 24.9 Å². The molecule has 1 heterocycles. The van der Waals surface area contributed by atoms with E-state index in [1.54, 1.807) is 7.11 Å². The van der Waals surface area contributed by atoms with Crippen LogP contribution in [-0.2, 0) is 27.2 Å². The summed E-state index contributed by atoms with van der Waals surface area (Å²) in [6, 6.07) is 15.2. The van der Waals surface area contributed by atoms with Crippen molar-refractivity contribution in [3.63, 3.8) is 0 Å². The predicted octanol–water partition coefficient (Wildman–Crippen LogP) is 4.22. The quantitative estimate of drug-likeness (QED) is 0.575. The number of methoxy groups -OCH3 is 1. The second kappa shape index (κ2) is 10.9. The first-order valence-electron chi connectivity index (χ1n) is 12.2. The number of nitrogens with two attached hydrogens (primary N) is 1. The molecule has 1 saturated carbocycles. The molecule has 34 heavy (non-hydrogen) atoms. The Bertz CT molecular complexity index is 1030. The van der Waals surface area contributed by atoms with Crippen molar-refractivity contribution in [1.29, 1.82) is 0 Å². The molecule has 1 fully saturated rings. The Morgan fingerprint density at radius 2 is 1.79 bits per heavy atom. The summed E-state index contributed by atoms with van der Waals surface area (Å²) in [5, 5.41) is 3.05. The van der Waals surface area contributed by atoms with Gasteiger partial charge in [0.05, 0.1) is 7.11 Å². The van der Waals surface area contributed by atoms with Crippen LogP contribution in [0.15, 0.2) is 61.0 Å². The van der Waals surface area contributed by atoms with E-state index >= 15 is 0 Å². The molecule has 0 bridgehead atoms. The number of amides is 1. The largest absolute Gasteiger partial charge is 0.483 e. The van der Waals surface area contributed by atoms with Gasteiger partial charge in [-0.2, -0.15) is 0 Å². The number of ether oxygens (including phenoxy) is 1. The first-order chi connectivity index (χ1) is 16.5. The highest BCUT2D eigenvalue weighted by atomic mass is 16.5. The van der Waals surface area contributed by atoms with Gasteiger partial charge in [-0.1, -0.05) is 36.4 Å². The molecular weight excluding hydrogens is 426 g/mol. The van der Waals surface area contributed by atoms with Crippen molar-refractivity contribution in [3.8, 4) is 0 Å². The zero-order chi connectivity index (χ0) is 24.1. The van der Waals surface area contributed by atoms with Crippen LogP contribution in [0.5, 0.6) is 0 Å². The lowest BCUT2D eigenvalue weighted by Crippen LogP contribution is -2.47. The van der Waals surface area contributed by atoms with Gasteiger partial charge >= 0.3 is 0 Å². The van der Waals surface area contributed by atoms with Gasteiger partial charge < -0.3 is 20.7 Å². The van der Waals surface area contributed by atoms with Crippen LogP contribution in [0.25, 0.3) is 0 Å². The fourth-order valence-electron chi connectivity index (χ4n) is 5.25. The molecule has 1 atom stereocenters. The number of carbonyl (C=O) groups is 2. The Kier molecular flexibility index (Phi) is 7.68. The molecule has 2 aromatic carbocycles. The van der Waals surface area contributed by atoms with Crippen molar-refractivity contribution >= 4 is 17.4 Å². The SMILES string of the molecule is C=C(Nc1ccc(CC(=O)C2c3ccccc3CCN2C(=O)C2CCC(CN)CC2)cc1)OC. The van der Waals surface area contributed by atoms with Crippen LogP contribution >= 0.6 is 0 Å². The number of hydrogen-bond donors (Lipinski definition) is 2. The second-order valence-electron chi connectivity index (χ2n) is 9.43. The fraction of sp³-hybridized carbons (Fsp3) is 0.429. The summed E-state index contributed by atoms with van der Waals surface area (Å²) in [5.41, 5.74) is 9.73. The molecule has 4 rings (SSSR count). The van der Waals surface area contributed by atoms with Crippen LogP contribution in [0.3, 0.4) is 0 Å². The van der Waals surface area contributed by atoms with E-state index in [1.165, 1.54) is 0 Å². The van der Waals surface area contributed by atoms with Crippen LogP contribution < -0.4 is 11.1 Å². The van der Waals surface area contributed by atoms with Crippen LogP contribution in [0.4, 0.5) is 5.69 Å². The van der Waals surface area contributed by atoms with Gasteiger partial charge in [-0.25, -0.2) is 0 Å². The molecule has 180 valence electrons. The average molecular weight is 462 g/mol. The number of fused-ring (bicyclic) bond motifs is 1. The Hall–Kier alpha value is -3.12.